The molecule has 1 saturated heterocycles. The van der Waals surface area contributed by atoms with Crippen LogP contribution in [0.4, 0.5) is 0 Å². The third-order valence-electron chi connectivity index (χ3n) is 2.63. The number of halogens is 1. The molecule has 0 spiro atoms. The van der Waals surface area contributed by atoms with E-state index in [-0.39, 0.29) is 11.0 Å². The third kappa shape index (κ3) is 3.26. The third-order valence-corrected chi connectivity index (χ3v) is 3.10. The first kappa shape index (κ1) is 12.0. The maximum absolute atomic E-state index is 6.07. The van der Waals surface area contributed by atoms with Gasteiger partial charge in [-0.05, 0) is 27.2 Å². The molecule has 0 aromatic heterocycles. The van der Waals surface area contributed by atoms with Gasteiger partial charge in [0.1, 0.15) is 0 Å². The molecule has 1 aliphatic rings. The fourth-order valence-electron chi connectivity index (χ4n) is 1.36. The van der Waals surface area contributed by atoms with Crippen molar-refractivity contribution in [3.8, 4) is 0 Å². The van der Waals surface area contributed by atoms with Gasteiger partial charge in [0.25, 0.3) is 0 Å². The number of ether oxygens (including phenoxy) is 2. The molecule has 0 bridgehead atoms. The van der Waals surface area contributed by atoms with E-state index in [1.54, 1.807) is 7.11 Å². The predicted molar refractivity (Wildman–Crippen MR) is 58.8 cm³/mol. The lowest BCUT2D eigenvalue weighted by Crippen LogP contribution is -2.09. The topological polar surface area (TPSA) is 21.8 Å². The number of hydrogen-bond acceptors (Lipinski definition) is 2. The van der Waals surface area contributed by atoms with Crippen LogP contribution in [-0.2, 0) is 9.47 Å². The van der Waals surface area contributed by atoms with Crippen LogP contribution in [-0.4, -0.2) is 30.8 Å². The van der Waals surface area contributed by atoms with E-state index in [0.29, 0.717) is 12.7 Å². The van der Waals surface area contributed by atoms with Gasteiger partial charge >= 0.3 is 0 Å². The van der Waals surface area contributed by atoms with Gasteiger partial charge < -0.3 is 9.47 Å². The molecule has 0 N–H and O–H groups in total. The Labute approximate surface area is 91.2 Å². The van der Waals surface area contributed by atoms with Gasteiger partial charge in [0, 0.05) is 7.11 Å². The standard InChI is InChI=1S/C11H19ClO2/c1-8(9(12)7-13-4)5-6-10-11(2,3)14-10/h5,9-10H,6-7H2,1-4H3. The predicted octanol–water partition coefficient (Wildman–Crippen LogP) is 2.75. The normalized spacial score (nSPS) is 27.5. The van der Waals surface area contributed by atoms with E-state index in [9.17, 15) is 0 Å². The van der Waals surface area contributed by atoms with Gasteiger partial charge in [0.05, 0.1) is 23.7 Å². The SMILES string of the molecule is COCC(Cl)C(C)=CCC1OC1(C)C. The van der Waals surface area contributed by atoms with Gasteiger partial charge in [-0.1, -0.05) is 11.6 Å². The first-order valence-corrected chi connectivity index (χ1v) is 5.38. The molecule has 1 aliphatic heterocycles. The molecular formula is C11H19ClO2. The van der Waals surface area contributed by atoms with Crippen molar-refractivity contribution in [3.63, 3.8) is 0 Å². The Hall–Kier alpha value is -0.0500. The zero-order valence-corrected chi connectivity index (χ0v) is 10.1. The van der Waals surface area contributed by atoms with Crippen molar-refractivity contribution in [2.45, 2.75) is 44.3 Å². The number of rotatable bonds is 5. The van der Waals surface area contributed by atoms with Gasteiger partial charge in [-0.2, -0.15) is 0 Å². The van der Waals surface area contributed by atoms with E-state index in [2.05, 4.69) is 19.9 Å². The molecule has 1 rings (SSSR count). The molecule has 82 valence electrons. The molecular weight excluding hydrogens is 200 g/mol. The van der Waals surface area contributed by atoms with E-state index in [4.69, 9.17) is 21.1 Å². The number of epoxide rings is 1. The molecule has 0 saturated carbocycles. The maximum Gasteiger partial charge on any atom is 0.0902 e. The van der Waals surface area contributed by atoms with Crippen LogP contribution in [0.5, 0.6) is 0 Å². The molecule has 14 heavy (non-hydrogen) atoms. The fourth-order valence-corrected chi connectivity index (χ4v) is 1.58. The maximum atomic E-state index is 6.07. The van der Waals surface area contributed by atoms with E-state index in [1.165, 1.54) is 5.57 Å². The van der Waals surface area contributed by atoms with Crippen molar-refractivity contribution >= 4 is 11.6 Å². The minimum atomic E-state index is -0.0122. The molecule has 0 aromatic rings. The van der Waals surface area contributed by atoms with Crippen LogP contribution in [0.1, 0.15) is 27.2 Å². The Kier molecular flexibility index (Phi) is 3.99. The Morgan fingerprint density at radius 3 is 2.64 bits per heavy atom. The van der Waals surface area contributed by atoms with Crippen LogP contribution in [0.25, 0.3) is 0 Å². The Morgan fingerprint density at radius 2 is 2.21 bits per heavy atom. The smallest absolute Gasteiger partial charge is 0.0902 e. The van der Waals surface area contributed by atoms with Gasteiger partial charge in [-0.25, -0.2) is 0 Å². The summed E-state index contributed by atoms with van der Waals surface area (Å²) in [6.07, 6.45) is 3.46. The summed E-state index contributed by atoms with van der Waals surface area (Å²) in [7, 11) is 1.66. The lowest BCUT2D eigenvalue weighted by Gasteiger charge is -2.08. The van der Waals surface area contributed by atoms with E-state index >= 15 is 0 Å². The molecule has 0 aliphatic carbocycles. The molecule has 1 heterocycles. The van der Waals surface area contributed by atoms with Gasteiger partial charge in [0.15, 0.2) is 0 Å². The quantitative estimate of drug-likeness (QED) is 0.402. The molecule has 2 atom stereocenters. The second kappa shape index (κ2) is 4.65. The zero-order chi connectivity index (χ0) is 10.8. The highest BCUT2D eigenvalue weighted by molar-refractivity contribution is 6.22. The highest BCUT2D eigenvalue weighted by atomic mass is 35.5. The lowest BCUT2D eigenvalue weighted by atomic mass is 10.1. The first-order chi connectivity index (χ1) is 6.47. The minimum Gasteiger partial charge on any atom is -0.383 e. The summed E-state index contributed by atoms with van der Waals surface area (Å²) in [6.45, 7) is 6.81. The van der Waals surface area contributed by atoms with E-state index in [1.807, 2.05) is 6.92 Å². The second-order valence-electron chi connectivity index (χ2n) is 4.32. The summed E-state index contributed by atoms with van der Waals surface area (Å²) in [5.74, 6) is 0. The van der Waals surface area contributed by atoms with E-state index < -0.39 is 0 Å². The van der Waals surface area contributed by atoms with Crippen LogP contribution < -0.4 is 0 Å². The van der Waals surface area contributed by atoms with Crippen molar-refractivity contribution in [3.05, 3.63) is 11.6 Å². The summed E-state index contributed by atoms with van der Waals surface area (Å²) in [5, 5.41) is -0.0122. The average Bonchev–Trinajstić information content (AvgIpc) is 2.70. The molecule has 2 unspecified atom stereocenters. The summed E-state index contributed by atoms with van der Waals surface area (Å²) in [5.41, 5.74) is 1.24. The Balaban J connectivity index is 2.30. The fraction of sp³-hybridized carbons (Fsp3) is 0.818. The number of hydrogen-bond donors (Lipinski definition) is 0. The van der Waals surface area contributed by atoms with Gasteiger partial charge in [-0.15, -0.1) is 11.6 Å². The molecule has 2 nitrogen and oxygen atoms in total. The van der Waals surface area contributed by atoms with Gasteiger partial charge in [0.2, 0.25) is 0 Å². The number of methoxy groups -OCH3 is 1. The largest absolute Gasteiger partial charge is 0.383 e. The molecule has 0 aromatic carbocycles. The first-order valence-electron chi connectivity index (χ1n) is 4.95. The average molecular weight is 219 g/mol. The van der Waals surface area contributed by atoms with Crippen molar-refractivity contribution in [2.24, 2.45) is 0 Å². The van der Waals surface area contributed by atoms with E-state index in [0.717, 1.165) is 6.42 Å². The molecule has 1 fully saturated rings. The molecule has 0 amide bonds. The van der Waals surface area contributed by atoms with Crippen LogP contribution in [0.3, 0.4) is 0 Å². The summed E-state index contributed by atoms with van der Waals surface area (Å²) in [4.78, 5) is 0. The second-order valence-corrected chi connectivity index (χ2v) is 4.84. The molecule has 3 heteroatoms. The van der Waals surface area contributed by atoms with Crippen molar-refractivity contribution in [2.75, 3.05) is 13.7 Å². The highest BCUT2D eigenvalue weighted by Crippen LogP contribution is 2.38. The lowest BCUT2D eigenvalue weighted by molar-refractivity contribution is 0.204. The summed E-state index contributed by atoms with van der Waals surface area (Å²) < 4.78 is 10.5. The monoisotopic (exact) mass is 218 g/mol. The van der Waals surface area contributed by atoms with Crippen molar-refractivity contribution in [1.29, 1.82) is 0 Å². The molecule has 0 radical (unpaired) electrons. The Bertz CT molecular complexity index is 223. The minimum absolute atomic E-state index is 0.0122. The zero-order valence-electron chi connectivity index (χ0n) is 9.34. The van der Waals surface area contributed by atoms with Crippen LogP contribution >= 0.6 is 11.6 Å². The summed E-state index contributed by atoms with van der Waals surface area (Å²) in [6, 6.07) is 0. The highest BCUT2D eigenvalue weighted by Gasteiger charge is 2.46. The van der Waals surface area contributed by atoms with Crippen molar-refractivity contribution in [1.82, 2.24) is 0 Å². The summed E-state index contributed by atoms with van der Waals surface area (Å²) >= 11 is 6.07. The van der Waals surface area contributed by atoms with Crippen LogP contribution in [0.15, 0.2) is 11.6 Å². The van der Waals surface area contributed by atoms with Crippen molar-refractivity contribution < 1.29 is 9.47 Å². The van der Waals surface area contributed by atoms with Gasteiger partial charge in [-0.3, -0.25) is 0 Å². The Morgan fingerprint density at radius 1 is 1.64 bits per heavy atom. The van der Waals surface area contributed by atoms with Crippen LogP contribution in [0, 0.1) is 0 Å². The van der Waals surface area contributed by atoms with Crippen LogP contribution in [0.2, 0.25) is 0 Å². The number of alkyl halides is 1.